The average molecular weight is 491 g/mol. The van der Waals surface area contributed by atoms with Gasteiger partial charge in [0.2, 0.25) is 5.95 Å². The third kappa shape index (κ3) is 4.75. The van der Waals surface area contributed by atoms with Crippen LogP contribution in [0.4, 0.5) is 5.95 Å². The molecule has 0 bridgehead atoms. The number of aryl methyl sites for hydroxylation is 1. The SMILES string of the molecule is Cc1cc([C@@H](C)N[S@+]([O-])C(C)(C)C)c2nc(N3CCCCC3)n3nc(-c4ccccc4)nc3c2c1. The number of piperidine rings is 1. The molecular weight excluding hydrogens is 456 g/mol. The standard InChI is InChI=1S/C27H34N6OS/c1-18-16-21(19(2)31-35(34)27(3,4)5)23-22(17-18)25-29-24(20-12-8-6-9-13-20)30-33(25)26(28-23)32-14-10-7-11-15-32/h6,8-9,12-13,16-17,19,31H,7,10-11,14-15H2,1-5H3/t19-,35-/m1/s1. The maximum Gasteiger partial charge on any atom is 0.229 e. The fourth-order valence-electron chi connectivity index (χ4n) is 4.61. The van der Waals surface area contributed by atoms with Crippen LogP contribution in [0.5, 0.6) is 0 Å². The Kier molecular flexibility index (Phi) is 6.46. The summed E-state index contributed by atoms with van der Waals surface area (Å²) in [6, 6.07) is 14.2. The van der Waals surface area contributed by atoms with E-state index in [1.54, 1.807) is 0 Å². The van der Waals surface area contributed by atoms with Gasteiger partial charge >= 0.3 is 0 Å². The van der Waals surface area contributed by atoms with Crippen molar-refractivity contribution in [2.75, 3.05) is 18.0 Å². The molecule has 1 aliphatic rings. The maximum absolute atomic E-state index is 12.9. The van der Waals surface area contributed by atoms with E-state index in [1.807, 2.05) is 55.6 Å². The van der Waals surface area contributed by atoms with Crippen molar-refractivity contribution in [3.05, 3.63) is 53.6 Å². The Morgan fingerprint density at radius 1 is 1.03 bits per heavy atom. The van der Waals surface area contributed by atoms with Crippen molar-refractivity contribution in [2.45, 2.75) is 64.7 Å². The summed E-state index contributed by atoms with van der Waals surface area (Å²) in [5.74, 6) is 1.53. The quantitative estimate of drug-likeness (QED) is 0.380. The summed E-state index contributed by atoms with van der Waals surface area (Å²) in [5.41, 5.74) is 4.83. The summed E-state index contributed by atoms with van der Waals surface area (Å²) < 4.78 is 17.8. The topological polar surface area (TPSA) is 81.4 Å². The number of benzene rings is 2. The zero-order valence-electron chi connectivity index (χ0n) is 21.2. The lowest BCUT2D eigenvalue weighted by molar-refractivity contribution is 0.531. The highest BCUT2D eigenvalue weighted by molar-refractivity contribution is 7.90. The number of rotatable bonds is 5. The molecule has 0 saturated carbocycles. The molecular formula is C27H34N6OS. The fraction of sp³-hybridized carbons (Fsp3) is 0.444. The molecule has 8 heteroatoms. The number of nitrogens with one attached hydrogen (secondary N) is 1. The second kappa shape index (κ2) is 9.41. The summed E-state index contributed by atoms with van der Waals surface area (Å²) in [6.07, 6.45) is 3.53. The first-order chi connectivity index (χ1) is 16.7. The molecule has 1 fully saturated rings. The lowest BCUT2D eigenvalue weighted by atomic mass is 10.0. The molecule has 0 unspecified atom stereocenters. The number of hydrogen-bond acceptors (Lipinski definition) is 6. The first-order valence-electron chi connectivity index (χ1n) is 12.4. The van der Waals surface area contributed by atoms with Crippen LogP contribution < -0.4 is 9.62 Å². The Morgan fingerprint density at radius 2 is 1.74 bits per heavy atom. The number of aromatic nitrogens is 4. The summed E-state index contributed by atoms with van der Waals surface area (Å²) >= 11 is -1.20. The summed E-state index contributed by atoms with van der Waals surface area (Å²) in [5, 5.41) is 5.89. The van der Waals surface area contributed by atoms with E-state index in [2.05, 4.69) is 35.6 Å². The molecule has 3 heterocycles. The van der Waals surface area contributed by atoms with Gasteiger partial charge in [0.25, 0.3) is 0 Å². The highest BCUT2D eigenvalue weighted by atomic mass is 32.2. The van der Waals surface area contributed by atoms with Crippen LogP contribution in [0.2, 0.25) is 0 Å². The minimum absolute atomic E-state index is 0.141. The Balaban J connectivity index is 1.73. The van der Waals surface area contributed by atoms with Gasteiger partial charge in [-0.1, -0.05) is 36.4 Å². The largest absolute Gasteiger partial charge is 0.598 e. The lowest BCUT2D eigenvalue weighted by Gasteiger charge is -2.29. The van der Waals surface area contributed by atoms with Gasteiger partial charge in [0.1, 0.15) is 4.75 Å². The molecule has 4 aromatic rings. The van der Waals surface area contributed by atoms with E-state index in [0.717, 1.165) is 65.1 Å². The van der Waals surface area contributed by atoms with Crippen LogP contribution in [0, 0.1) is 6.92 Å². The predicted octanol–water partition coefficient (Wildman–Crippen LogP) is 5.36. The Bertz CT molecular complexity index is 1340. The Labute approximate surface area is 210 Å². The van der Waals surface area contributed by atoms with Crippen LogP contribution >= 0.6 is 0 Å². The highest BCUT2D eigenvalue weighted by Crippen LogP contribution is 2.33. The van der Waals surface area contributed by atoms with Crippen LogP contribution in [0.3, 0.4) is 0 Å². The van der Waals surface area contributed by atoms with Gasteiger partial charge in [0, 0.05) is 41.0 Å². The molecule has 2 aromatic heterocycles. The smallest absolute Gasteiger partial charge is 0.229 e. The van der Waals surface area contributed by atoms with Crippen molar-refractivity contribution in [3.63, 3.8) is 0 Å². The Hall–Kier alpha value is -2.68. The van der Waals surface area contributed by atoms with Crippen LogP contribution in [0.1, 0.15) is 64.1 Å². The fourth-order valence-corrected chi connectivity index (χ4v) is 5.42. The molecule has 0 radical (unpaired) electrons. The molecule has 5 rings (SSSR count). The van der Waals surface area contributed by atoms with Gasteiger partial charge in [0.05, 0.1) is 11.6 Å². The molecule has 7 nitrogen and oxygen atoms in total. The van der Waals surface area contributed by atoms with Gasteiger partial charge in [0.15, 0.2) is 11.5 Å². The third-order valence-electron chi connectivity index (χ3n) is 6.51. The summed E-state index contributed by atoms with van der Waals surface area (Å²) in [4.78, 5) is 12.6. The minimum Gasteiger partial charge on any atom is -0.598 e. The molecule has 0 aliphatic carbocycles. The molecule has 35 heavy (non-hydrogen) atoms. The van der Waals surface area contributed by atoms with Gasteiger partial charge in [-0.25, -0.2) is 9.97 Å². The van der Waals surface area contributed by atoms with E-state index in [0.29, 0.717) is 5.82 Å². The summed E-state index contributed by atoms with van der Waals surface area (Å²) in [6.45, 7) is 12.0. The van der Waals surface area contributed by atoms with Gasteiger partial charge < -0.3 is 9.45 Å². The lowest BCUT2D eigenvalue weighted by Crippen LogP contribution is -2.40. The van der Waals surface area contributed by atoms with E-state index in [1.165, 1.54) is 6.42 Å². The molecule has 0 spiro atoms. The van der Waals surface area contributed by atoms with Crippen molar-refractivity contribution in [1.29, 1.82) is 0 Å². The molecule has 0 amide bonds. The average Bonchev–Trinajstić information content (AvgIpc) is 3.29. The third-order valence-corrected chi connectivity index (χ3v) is 8.19. The van der Waals surface area contributed by atoms with Crippen molar-refractivity contribution in [1.82, 2.24) is 24.3 Å². The first kappa shape index (κ1) is 24.0. The second-order valence-corrected chi connectivity index (χ2v) is 12.5. The van der Waals surface area contributed by atoms with Gasteiger partial charge in [-0.3, -0.25) is 0 Å². The highest BCUT2D eigenvalue weighted by Gasteiger charge is 2.30. The second-order valence-electron chi connectivity index (χ2n) is 10.5. The number of fused-ring (bicyclic) bond motifs is 3. The zero-order valence-corrected chi connectivity index (χ0v) is 22.0. The minimum atomic E-state index is -1.20. The van der Waals surface area contributed by atoms with E-state index >= 15 is 0 Å². The molecule has 2 atom stereocenters. The van der Waals surface area contributed by atoms with E-state index in [-0.39, 0.29) is 10.8 Å². The maximum atomic E-state index is 12.9. The van der Waals surface area contributed by atoms with Crippen LogP contribution in [-0.4, -0.2) is 42.0 Å². The van der Waals surface area contributed by atoms with Crippen LogP contribution in [-0.2, 0) is 11.4 Å². The Morgan fingerprint density at radius 3 is 2.43 bits per heavy atom. The van der Waals surface area contributed by atoms with Crippen molar-refractivity contribution < 1.29 is 4.55 Å². The summed E-state index contributed by atoms with van der Waals surface area (Å²) in [7, 11) is 0. The molecule has 184 valence electrons. The predicted molar refractivity (Wildman–Crippen MR) is 144 cm³/mol. The van der Waals surface area contributed by atoms with E-state index < -0.39 is 11.4 Å². The molecule has 1 N–H and O–H groups in total. The number of hydrogen-bond donors (Lipinski definition) is 1. The molecule has 2 aromatic carbocycles. The normalized spacial score (nSPS) is 16.7. The van der Waals surface area contributed by atoms with Gasteiger partial charge in [-0.2, -0.15) is 4.52 Å². The van der Waals surface area contributed by atoms with Crippen molar-refractivity contribution in [3.8, 4) is 11.4 Å². The van der Waals surface area contributed by atoms with E-state index in [9.17, 15) is 4.55 Å². The monoisotopic (exact) mass is 490 g/mol. The van der Waals surface area contributed by atoms with Crippen molar-refractivity contribution in [2.24, 2.45) is 0 Å². The first-order valence-corrected chi connectivity index (χ1v) is 13.6. The van der Waals surface area contributed by atoms with Crippen LogP contribution in [0.25, 0.3) is 27.9 Å². The van der Waals surface area contributed by atoms with E-state index in [4.69, 9.17) is 15.1 Å². The molecule has 1 aliphatic heterocycles. The number of anilines is 1. The molecule has 1 saturated heterocycles. The zero-order chi connectivity index (χ0) is 24.7. The van der Waals surface area contributed by atoms with Gasteiger partial charge in [-0.15, -0.1) is 9.82 Å². The van der Waals surface area contributed by atoms with Crippen molar-refractivity contribution >= 4 is 33.9 Å². The van der Waals surface area contributed by atoms with Gasteiger partial charge in [-0.05, 0) is 65.5 Å². The number of nitrogens with zero attached hydrogens (tertiary/aromatic N) is 5. The van der Waals surface area contributed by atoms with Crippen LogP contribution in [0.15, 0.2) is 42.5 Å².